The third-order valence-corrected chi connectivity index (χ3v) is 4.65. The summed E-state index contributed by atoms with van der Waals surface area (Å²) in [6, 6.07) is 6.82. The molecule has 1 N–H and O–H groups in total. The number of rotatable bonds is 6. The fourth-order valence-corrected chi connectivity index (χ4v) is 3.55. The Morgan fingerprint density at radius 2 is 2.20 bits per heavy atom. The van der Waals surface area contributed by atoms with Crippen molar-refractivity contribution in [3.8, 4) is 0 Å². The molecular weight excluding hydrogens is 270 g/mol. The molecule has 1 heterocycles. The molecule has 0 bridgehead atoms. The molecule has 0 aliphatic carbocycles. The summed E-state index contributed by atoms with van der Waals surface area (Å²) < 4.78 is 5.86. The van der Waals surface area contributed by atoms with Crippen molar-refractivity contribution in [1.82, 2.24) is 5.32 Å². The molecule has 1 fully saturated rings. The lowest BCUT2D eigenvalue weighted by Crippen LogP contribution is -2.41. The van der Waals surface area contributed by atoms with Crippen LogP contribution in [0.5, 0.6) is 0 Å². The van der Waals surface area contributed by atoms with E-state index >= 15 is 0 Å². The molecule has 0 spiro atoms. The van der Waals surface area contributed by atoms with Crippen LogP contribution >= 0.6 is 11.6 Å². The normalized spacial score (nSPS) is 24.0. The summed E-state index contributed by atoms with van der Waals surface area (Å²) in [6.45, 7) is 8.34. The van der Waals surface area contributed by atoms with E-state index < -0.39 is 0 Å². The number of hydrogen-bond acceptors (Lipinski definition) is 2. The fraction of sp³-hybridized carbons (Fsp3) is 0.647. The minimum Gasteiger partial charge on any atom is -0.378 e. The molecule has 0 saturated carbocycles. The molecular formula is C17H26ClNO. The predicted octanol–water partition coefficient (Wildman–Crippen LogP) is 3.98. The molecule has 112 valence electrons. The molecule has 20 heavy (non-hydrogen) atoms. The SMILES string of the molecule is CCNC(Cc1ccc(C)cc1Cl)C1CCOC1CC. The maximum atomic E-state index is 6.39. The summed E-state index contributed by atoms with van der Waals surface area (Å²) in [5, 5.41) is 4.53. The summed E-state index contributed by atoms with van der Waals surface area (Å²) in [7, 11) is 0. The maximum Gasteiger partial charge on any atom is 0.0616 e. The zero-order chi connectivity index (χ0) is 14.5. The van der Waals surface area contributed by atoms with Crippen LogP contribution in [0.3, 0.4) is 0 Å². The third kappa shape index (κ3) is 3.75. The highest BCUT2D eigenvalue weighted by Gasteiger charge is 2.33. The first-order valence-electron chi connectivity index (χ1n) is 7.75. The van der Waals surface area contributed by atoms with E-state index in [-0.39, 0.29) is 0 Å². The molecule has 1 aliphatic rings. The lowest BCUT2D eigenvalue weighted by molar-refractivity contribution is 0.0776. The Bertz CT molecular complexity index is 435. The average Bonchev–Trinajstić information content (AvgIpc) is 2.89. The van der Waals surface area contributed by atoms with E-state index in [2.05, 4.69) is 44.3 Å². The van der Waals surface area contributed by atoms with Gasteiger partial charge in [-0.25, -0.2) is 0 Å². The van der Waals surface area contributed by atoms with E-state index in [9.17, 15) is 0 Å². The maximum absolute atomic E-state index is 6.39. The van der Waals surface area contributed by atoms with E-state index in [0.717, 1.165) is 37.4 Å². The van der Waals surface area contributed by atoms with Crippen molar-refractivity contribution in [2.45, 2.75) is 52.2 Å². The molecule has 0 aromatic heterocycles. The summed E-state index contributed by atoms with van der Waals surface area (Å²) in [4.78, 5) is 0. The summed E-state index contributed by atoms with van der Waals surface area (Å²) >= 11 is 6.39. The largest absolute Gasteiger partial charge is 0.378 e. The van der Waals surface area contributed by atoms with Crippen LogP contribution in [0.4, 0.5) is 0 Å². The van der Waals surface area contributed by atoms with Crippen LogP contribution in [0.2, 0.25) is 5.02 Å². The standard InChI is InChI=1S/C17H26ClNO/c1-4-17-14(8-9-20-17)16(19-5-2)11-13-7-6-12(3)10-15(13)18/h6-7,10,14,16-17,19H,4-5,8-9,11H2,1-3H3. The minimum absolute atomic E-state index is 0.392. The van der Waals surface area contributed by atoms with Gasteiger partial charge in [-0.05, 0) is 49.9 Å². The zero-order valence-electron chi connectivity index (χ0n) is 12.8. The molecule has 1 aliphatic heterocycles. The zero-order valence-corrected chi connectivity index (χ0v) is 13.5. The number of ether oxygens (including phenoxy) is 1. The third-order valence-electron chi connectivity index (χ3n) is 4.29. The summed E-state index contributed by atoms with van der Waals surface area (Å²) in [5.41, 5.74) is 2.46. The van der Waals surface area contributed by atoms with Crippen LogP contribution in [0, 0.1) is 12.8 Å². The molecule has 0 radical (unpaired) electrons. The number of benzene rings is 1. The van der Waals surface area contributed by atoms with E-state index in [1.807, 2.05) is 0 Å². The van der Waals surface area contributed by atoms with Crippen molar-refractivity contribution in [1.29, 1.82) is 0 Å². The molecule has 1 aromatic rings. The van der Waals surface area contributed by atoms with Gasteiger partial charge in [-0.15, -0.1) is 0 Å². The highest BCUT2D eigenvalue weighted by Crippen LogP contribution is 2.29. The molecule has 1 aromatic carbocycles. The molecule has 2 nitrogen and oxygen atoms in total. The van der Waals surface area contributed by atoms with Gasteiger partial charge in [-0.2, -0.15) is 0 Å². The Labute approximate surface area is 127 Å². The van der Waals surface area contributed by atoms with Crippen molar-refractivity contribution in [2.75, 3.05) is 13.2 Å². The topological polar surface area (TPSA) is 21.3 Å². The van der Waals surface area contributed by atoms with Crippen LogP contribution in [0.25, 0.3) is 0 Å². The summed E-state index contributed by atoms with van der Waals surface area (Å²) in [5.74, 6) is 0.595. The predicted molar refractivity (Wildman–Crippen MR) is 85.5 cm³/mol. The number of halogens is 1. The second-order valence-electron chi connectivity index (χ2n) is 5.73. The average molecular weight is 296 g/mol. The second kappa shape index (κ2) is 7.44. The van der Waals surface area contributed by atoms with Gasteiger partial charge in [0, 0.05) is 23.6 Å². The number of aryl methyl sites for hydroxylation is 1. The van der Waals surface area contributed by atoms with E-state index in [0.29, 0.717) is 18.1 Å². The molecule has 2 rings (SSSR count). The fourth-order valence-electron chi connectivity index (χ4n) is 3.24. The van der Waals surface area contributed by atoms with Crippen molar-refractivity contribution in [2.24, 2.45) is 5.92 Å². The molecule has 3 atom stereocenters. The lowest BCUT2D eigenvalue weighted by atomic mass is 9.87. The van der Waals surface area contributed by atoms with Crippen LogP contribution in [-0.2, 0) is 11.2 Å². The molecule has 0 amide bonds. The highest BCUT2D eigenvalue weighted by atomic mass is 35.5. The van der Waals surface area contributed by atoms with Gasteiger partial charge in [0.25, 0.3) is 0 Å². The molecule has 3 unspecified atom stereocenters. The van der Waals surface area contributed by atoms with Crippen molar-refractivity contribution >= 4 is 11.6 Å². The summed E-state index contributed by atoms with van der Waals surface area (Å²) in [6.07, 6.45) is 3.62. The molecule has 1 saturated heterocycles. The van der Waals surface area contributed by atoms with Gasteiger partial charge in [0.15, 0.2) is 0 Å². The monoisotopic (exact) mass is 295 g/mol. The van der Waals surface area contributed by atoms with Crippen LogP contribution < -0.4 is 5.32 Å². The van der Waals surface area contributed by atoms with Crippen LogP contribution in [0.15, 0.2) is 18.2 Å². The smallest absolute Gasteiger partial charge is 0.0616 e. The minimum atomic E-state index is 0.392. The number of nitrogens with one attached hydrogen (secondary N) is 1. The van der Waals surface area contributed by atoms with Gasteiger partial charge < -0.3 is 10.1 Å². The van der Waals surface area contributed by atoms with Crippen molar-refractivity contribution in [3.63, 3.8) is 0 Å². The van der Waals surface area contributed by atoms with Crippen LogP contribution in [-0.4, -0.2) is 25.3 Å². The Morgan fingerprint density at radius 1 is 1.40 bits per heavy atom. The Balaban J connectivity index is 2.12. The lowest BCUT2D eigenvalue weighted by Gasteiger charge is -2.28. The Kier molecular flexibility index (Phi) is 5.88. The first-order valence-corrected chi connectivity index (χ1v) is 8.13. The van der Waals surface area contributed by atoms with E-state index in [4.69, 9.17) is 16.3 Å². The van der Waals surface area contributed by atoms with E-state index in [1.54, 1.807) is 0 Å². The quantitative estimate of drug-likeness (QED) is 0.857. The van der Waals surface area contributed by atoms with Gasteiger partial charge in [0.1, 0.15) is 0 Å². The Hall–Kier alpha value is -0.570. The van der Waals surface area contributed by atoms with Crippen molar-refractivity contribution < 1.29 is 4.74 Å². The van der Waals surface area contributed by atoms with Crippen molar-refractivity contribution in [3.05, 3.63) is 34.3 Å². The first-order chi connectivity index (χ1) is 9.65. The van der Waals surface area contributed by atoms with Gasteiger partial charge in [-0.3, -0.25) is 0 Å². The first kappa shape index (κ1) is 15.8. The van der Waals surface area contributed by atoms with Crippen LogP contribution in [0.1, 0.15) is 37.8 Å². The number of likely N-dealkylation sites (N-methyl/N-ethyl adjacent to an activating group) is 1. The Morgan fingerprint density at radius 3 is 2.85 bits per heavy atom. The second-order valence-corrected chi connectivity index (χ2v) is 6.14. The van der Waals surface area contributed by atoms with Gasteiger partial charge in [0.05, 0.1) is 6.10 Å². The van der Waals surface area contributed by atoms with Gasteiger partial charge in [0.2, 0.25) is 0 Å². The van der Waals surface area contributed by atoms with E-state index in [1.165, 1.54) is 11.1 Å². The van der Waals surface area contributed by atoms with Gasteiger partial charge >= 0.3 is 0 Å². The highest BCUT2D eigenvalue weighted by molar-refractivity contribution is 6.31. The molecule has 3 heteroatoms. The number of hydrogen-bond donors (Lipinski definition) is 1. The van der Waals surface area contributed by atoms with Gasteiger partial charge in [-0.1, -0.05) is 37.6 Å².